The van der Waals surface area contributed by atoms with Crippen molar-refractivity contribution in [1.29, 1.82) is 0 Å². The fraction of sp³-hybridized carbons (Fsp3) is 0.800. The zero-order valence-corrected chi connectivity index (χ0v) is 11.7. The van der Waals surface area contributed by atoms with Crippen LogP contribution in [0.1, 0.15) is 57.8 Å². The van der Waals surface area contributed by atoms with Gasteiger partial charge in [-0.1, -0.05) is 19.3 Å². The average Bonchev–Trinajstić information content (AvgIpc) is 2.73. The Morgan fingerprint density at radius 2 is 1.55 bits per heavy atom. The fourth-order valence-corrected chi connectivity index (χ4v) is 4.03. The fourth-order valence-electron chi connectivity index (χ4n) is 4.03. The third-order valence-corrected chi connectivity index (χ3v) is 5.54. The second-order valence-electron chi connectivity index (χ2n) is 6.87. The van der Waals surface area contributed by atoms with Crippen molar-refractivity contribution in [3.63, 3.8) is 0 Å². The zero-order chi connectivity index (χ0) is 14.4. The Hall–Kier alpha value is -1.39. The standard InChI is InChI=1S/C15H21NO4/c17-11-8-14(4-1-2-5-14)9-12(18)16(11)10-15(13(19)20)6-3-7-15/h1-10H2,(H,19,20). The summed E-state index contributed by atoms with van der Waals surface area (Å²) in [7, 11) is 0. The van der Waals surface area contributed by atoms with Crippen LogP contribution in [0.3, 0.4) is 0 Å². The number of carbonyl (C=O) groups excluding carboxylic acids is 2. The normalized spacial score (nSPS) is 27.7. The number of likely N-dealkylation sites (tertiary alicyclic amines) is 1. The molecule has 20 heavy (non-hydrogen) atoms. The first-order chi connectivity index (χ1) is 9.46. The largest absolute Gasteiger partial charge is 0.481 e. The highest BCUT2D eigenvalue weighted by atomic mass is 16.4. The van der Waals surface area contributed by atoms with Gasteiger partial charge in [-0.25, -0.2) is 0 Å². The molecule has 110 valence electrons. The minimum absolute atomic E-state index is 0.0794. The van der Waals surface area contributed by atoms with E-state index < -0.39 is 11.4 Å². The van der Waals surface area contributed by atoms with E-state index in [-0.39, 0.29) is 23.8 Å². The average molecular weight is 279 g/mol. The van der Waals surface area contributed by atoms with Crippen molar-refractivity contribution in [3.05, 3.63) is 0 Å². The van der Waals surface area contributed by atoms with Gasteiger partial charge in [0.1, 0.15) is 0 Å². The number of hydrogen-bond acceptors (Lipinski definition) is 3. The maximum Gasteiger partial charge on any atom is 0.311 e. The van der Waals surface area contributed by atoms with E-state index in [4.69, 9.17) is 0 Å². The molecule has 2 saturated carbocycles. The van der Waals surface area contributed by atoms with Gasteiger partial charge in [0, 0.05) is 19.4 Å². The summed E-state index contributed by atoms with van der Waals surface area (Å²) in [5.74, 6) is -1.18. The first-order valence-corrected chi connectivity index (χ1v) is 7.53. The van der Waals surface area contributed by atoms with Crippen LogP contribution in [0.15, 0.2) is 0 Å². The van der Waals surface area contributed by atoms with Gasteiger partial charge in [-0.3, -0.25) is 19.3 Å². The molecule has 3 rings (SSSR count). The second-order valence-corrected chi connectivity index (χ2v) is 6.87. The molecule has 0 unspecified atom stereocenters. The molecule has 1 aliphatic heterocycles. The lowest BCUT2D eigenvalue weighted by Crippen LogP contribution is -2.55. The summed E-state index contributed by atoms with van der Waals surface area (Å²) in [4.78, 5) is 37.3. The van der Waals surface area contributed by atoms with E-state index in [1.54, 1.807) is 0 Å². The van der Waals surface area contributed by atoms with Gasteiger partial charge in [-0.05, 0) is 31.1 Å². The van der Waals surface area contributed by atoms with Crippen LogP contribution < -0.4 is 0 Å². The first kappa shape index (κ1) is 13.6. The van der Waals surface area contributed by atoms with Crippen molar-refractivity contribution in [2.45, 2.75) is 57.8 Å². The van der Waals surface area contributed by atoms with Gasteiger partial charge in [-0.15, -0.1) is 0 Å². The highest BCUT2D eigenvalue weighted by Gasteiger charge is 2.51. The van der Waals surface area contributed by atoms with E-state index in [2.05, 4.69) is 0 Å². The summed E-state index contributed by atoms with van der Waals surface area (Å²) < 4.78 is 0. The van der Waals surface area contributed by atoms with Crippen LogP contribution >= 0.6 is 0 Å². The van der Waals surface area contributed by atoms with Gasteiger partial charge in [-0.2, -0.15) is 0 Å². The summed E-state index contributed by atoms with van der Waals surface area (Å²) in [6.45, 7) is 0.0794. The summed E-state index contributed by atoms with van der Waals surface area (Å²) in [6, 6.07) is 0. The van der Waals surface area contributed by atoms with E-state index >= 15 is 0 Å². The maximum atomic E-state index is 12.3. The lowest BCUT2D eigenvalue weighted by Gasteiger charge is -2.44. The van der Waals surface area contributed by atoms with Crippen LogP contribution in [-0.4, -0.2) is 34.3 Å². The molecule has 3 aliphatic rings. The molecular weight excluding hydrogens is 258 g/mol. The van der Waals surface area contributed by atoms with Crippen molar-refractivity contribution in [1.82, 2.24) is 4.90 Å². The number of piperidine rings is 1. The third kappa shape index (κ3) is 2.03. The quantitative estimate of drug-likeness (QED) is 0.801. The Bertz CT molecular complexity index is 440. The van der Waals surface area contributed by atoms with E-state index in [9.17, 15) is 19.5 Å². The van der Waals surface area contributed by atoms with Crippen LogP contribution in [0.4, 0.5) is 0 Å². The van der Waals surface area contributed by atoms with Gasteiger partial charge >= 0.3 is 5.97 Å². The minimum atomic E-state index is -0.870. The van der Waals surface area contributed by atoms with E-state index in [0.717, 1.165) is 32.1 Å². The summed E-state index contributed by atoms with van der Waals surface area (Å²) in [5, 5.41) is 9.34. The number of carboxylic acids is 1. The predicted octanol–water partition coefficient (Wildman–Crippen LogP) is 1.95. The number of amides is 2. The molecular formula is C15H21NO4. The molecule has 1 heterocycles. The molecule has 0 radical (unpaired) electrons. The molecule has 3 fully saturated rings. The number of imide groups is 1. The Morgan fingerprint density at radius 1 is 1.00 bits per heavy atom. The SMILES string of the molecule is O=C1CC2(CCCC2)CC(=O)N1CC1(C(=O)O)CCC1. The van der Waals surface area contributed by atoms with Crippen LogP contribution in [0.25, 0.3) is 0 Å². The maximum absolute atomic E-state index is 12.3. The summed E-state index contributed by atoms with van der Waals surface area (Å²) in [5.41, 5.74) is -0.980. The molecule has 0 atom stereocenters. The van der Waals surface area contributed by atoms with Gasteiger partial charge in [0.15, 0.2) is 0 Å². The monoisotopic (exact) mass is 279 g/mol. The molecule has 5 heteroatoms. The molecule has 5 nitrogen and oxygen atoms in total. The molecule has 0 aromatic rings. The Labute approximate surface area is 118 Å². The lowest BCUT2D eigenvalue weighted by atomic mass is 9.67. The number of nitrogens with zero attached hydrogens (tertiary/aromatic N) is 1. The minimum Gasteiger partial charge on any atom is -0.481 e. The van der Waals surface area contributed by atoms with Crippen LogP contribution in [0.5, 0.6) is 0 Å². The third-order valence-electron chi connectivity index (χ3n) is 5.54. The Kier molecular flexibility index (Phi) is 3.10. The van der Waals surface area contributed by atoms with Crippen LogP contribution in [0.2, 0.25) is 0 Å². The molecule has 1 saturated heterocycles. The van der Waals surface area contributed by atoms with Crippen molar-refractivity contribution in [3.8, 4) is 0 Å². The summed E-state index contributed by atoms with van der Waals surface area (Å²) >= 11 is 0. The Morgan fingerprint density at radius 3 is 1.95 bits per heavy atom. The van der Waals surface area contributed by atoms with Crippen LogP contribution in [0, 0.1) is 10.8 Å². The first-order valence-electron chi connectivity index (χ1n) is 7.53. The number of carboxylic acid groups (broad SMARTS) is 1. The molecule has 0 bridgehead atoms. The highest BCUT2D eigenvalue weighted by molar-refractivity contribution is 5.99. The molecule has 1 spiro atoms. The van der Waals surface area contributed by atoms with Gasteiger partial charge in [0.2, 0.25) is 11.8 Å². The zero-order valence-electron chi connectivity index (χ0n) is 11.7. The number of aliphatic carboxylic acids is 1. The number of rotatable bonds is 3. The Balaban J connectivity index is 1.73. The number of carbonyl (C=O) groups is 3. The smallest absolute Gasteiger partial charge is 0.311 e. The van der Waals surface area contributed by atoms with E-state index in [1.807, 2.05) is 0 Å². The molecule has 1 N–H and O–H groups in total. The molecule has 2 aliphatic carbocycles. The van der Waals surface area contributed by atoms with Gasteiger partial charge < -0.3 is 5.11 Å². The lowest BCUT2D eigenvalue weighted by molar-refractivity contribution is -0.164. The molecule has 0 aromatic carbocycles. The van der Waals surface area contributed by atoms with Crippen molar-refractivity contribution < 1.29 is 19.5 Å². The van der Waals surface area contributed by atoms with Gasteiger partial charge in [0.25, 0.3) is 0 Å². The van der Waals surface area contributed by atoms with Crippen molar-refractivity contribution in [2.24, 2.45) is 10.8 Å². The van der Waals surface area contributed by atoms with E-state index in [0.29, 0.717) is 25.7 Å². The van der Waals surface area contributed by atoms with Crippen molar-refractivity contribution in [2.75, 3.05) is 6.54 Å². The topological polar surface area (TPSA) is 74.7 Å². The highest BCUT2D eigenvalue weighted by Crippen LogP contribution is 2.48. The molecule has 0 aromatic heterocycles. The van der Waals surface area contributed by atoms with Crippen LogP contribution in [-0.2, 0) is 14.4 Å². The molecule has 2 amide bonds. The van der Waals surface area contributed by atoms with Crippen molar-refractivity contribution >= 4 is 17.8 Å². The van der Waals surface area contributed by atoms with Gasteiger partial charge in [0.05, 0.1) is 5.41 Å². The van der Waals surface area contributed by atoms with E-state index in [1.165, 1.54) is 4.90 Å². The number of hydrogen-bond donors (Lipinski definition) is 1. The second kappa shape index (κ2) is 4.57. The predicted molar refractivity (Wildman–Crippen MR) is 70.8 cm³/mol. The summed E-state index contributed by atoms with van der Waals surface area (Å²) in [6.07, 6.45) is 6.98.